The number of rotatable bonds is 5. The molecule has 0 rings (SSSR count). The Morgan fingerprint density at radius 1 is 1.67 bits per heavy atom. The molecule has 0 aromatic carbocycles. The van der Waals surface area contributed by atoms with E-state index in [2.05, 4.69) is 0 Å². The lowest BCUT2D eigenvalue weighted by Gasteiger charge is -1.93. The lowest BCUT2D eigenvalue weighted by molar-refractivity contribution is -0.137. The van der Waals surface area contributed by atoms with Crippen LogP contribution in [0.1, 0.15) is 31.1 Å². The lowest BCUT2D eigenvalue weighted by Crippen LogP contribution is -1.99. The lowest BCUT2D eigenvalue weighted by atomic mass is 10.2. The molecule has 0 aliphatic heterocycles. The second-order valence-electron chi connectivity index (χ2n) is 1.46. The standard InChI is InChI=1S/C6H13NO2/c7-5-3-1-2-4-6(8)9/h1-5,7H2,(H,8,9)/i1D2,2D2. The van der Waals surface area contributed by atoms with Crippen molar-refractivity contribution in [1.29, 1.82) is 0 Å². The zero-order valence-electron chi connectivity index (χ0n) is 9.05. The first-order chi connectivity index (χ1) is 5.73. The second-order valence-corrected chi connectivity index (χ2v) is 1.46. The Kier molecular flexibility index (Phi) is 2.20. The van der Waals surface area contributed by atoms with Gasteiger partial charge in [-0.1, -0.05) is 6.37 Å². The van der Waals surface area contributed by atoms with E-state index >= 15 is 0 Å². The molecule has 0 aromatic heterocycles. The van der Waals surface area contributed by atoms with E-state index in [-0.39, 0.29) is 13.0 Å². The summed E-state index contributed by atoms with van der Waals surface area (Å²) in [5.74, 6) is -1.36. The molecule has 0 aromatic rings. The highest BCUT2D eigenvalue weighted by Crippen LogP contribution is 1.97. The Hall–Kier alpha value is -0.570. The zero-order chi connectivity index (χ0) is 10.7. The summed E-state index contributed by atoms with van der Waals surface area (Å²) >= 11 is 0. The molecule has 9 heavy (non-hydrogen) atoms. The van der Waals surface area contributed by atoms with E-state index in [4.69, 9.17) is 16.3 Å². The summed E-state index contributed by atoms with van der Waals surface area (Å²) in [5.41, 5.74) is 5.09. The molecular formula is C6H13NO2. The summed E-state index contributed by atoms with van der Waals surface area (Å²) < 4.78 is 29.0. The van der Waals surface area contributed by atoms with Gasteiger partial charge in [0.15, 0.2) is 0 Å². The number of nitrogens with two attached hydrogens (primary N) is 1. The van der Waals surface area contributed by atoms with Crippen LogP contribution in [0, 0.1) is 0 Å². The first-order valence-electron chi connectivity index (χ1n) is 4.65. The van der Waals surface area contributed by atoms with E-state index in [0.29, 0.717) is 0 Å². The molecule has 0 saturated carbocycles. The first kappa shape index (κ1) is 3.56. The van der Waals surface area contributed by atoms with Gasteiger partial charge in [0.25, 0.3) is 0 Å². The number of carboxylic acid groups (broad SMARTS) is 1. The first-order valence-corrected chi connectivity index (χ1v) is 2.65. The summed E-state index contributed by atoms with van der Waals surface area (Å²) in [7, 11) is 0. The maximum Gasteiger partial charge on any atom is 0.303 e. The van der Waals surface area contributed by atoms with Gasteiger partial charge in [0.2, 0.25) is 0 Å². The third-order valence-corrected chi connectivity index (χ3v) is 0.634. The monoisotopic (exact) mass is 135 g/mol. The van der Waals surface area contributed by atoms with E-state index in [9.17, 15) is 4.79 Å². The fourth-order valence-electron chi connectivity index (χ4n) is 0.299. The number of carbonyl (C=O) groups is 1. The van der Waals surface area contributed by atoms with Crippen molar-refractivity contribution in [3.63, 3.8) is 0 Å². The number of hydrogen-bond donors (Lipinski definition) is 2. The van der Waals surface area contributed by atoms with E-state index in [1.165, 1.54) is 0 Å². The van der Waals surface area contributed by atoms with Gasteiger partial charge in [0, 0.05) is 11.9 Å². The van der Waals surface area contributed by atoms with Crippen molar-refractivity contribution >= 4 is 5.97 Å². The van der Waals surface area contributed by atoms with Crippen LogP contribution in [0.3, 0.4) is 0 Å². The maximum atomic E-state index is 10.2. The Balaban J connectivity index is 4.49. The van der Waals surface area contributed by atoms with Crippen molar-refractivity contribution in [3.05, 3.63) is 0 Å². The summed E-state index contributed by atoms with van der Waals surface area (Å²) in [6.45, 7) is -0.00781. The molecule has 3 heteroatoms. The number of aliphatic carboxylic acids is 1. The van der Waals surface area contributed by atoms with Crippen molar-refractivity contribution < 1.29 is 15.4 Å². The van der Waals surface area contributed by atoms with Gasteiger partial charge in [0.05, 0.1) is 0 Å². The van der Waals surface area contributed by atoms with Crippen molar-refractivity contribution in [2.45, 2.75) is 25.6 Å². The van der Waals surface area contributed by atoms with Crippen LogP contribution in [-0.2, 0) is 4.79 Å². The quantitative estimate of drug-likeness (QED) is 0.580. The highest BCUT2D eigenvalue weighted by Gasteiger charge is 1.94. The van der Waals surface area contributed by atoms with Gasteiger partial charge in [0.1, 0.15) is 0 Å². The third-order valence-electron chi connectivity index (χ3n) is 0.634. The normalized spacial score (nSPS) is 19.2. The smallest absolute Gasteiger partial charge is 0.303 e. The average molecular weight is 135 g/mol. The molecule has 0 amide bonds. The minimum atomic E-state index is -2.38. The number of hydrogen-bond acceptors (Lipinski definition) is 2. The predicted octanol–water partition coefficient (Wildman–Crippen LogP) is 0.590. The number of carboxylic acids is 1. The fourth-order valence-corrected chi connectivity index (χ4v) is 0.299. The third kappa shape index (κ3) is 7.43. The van der Waals surface area contributed by atoms with Crippen LogP contribution in [-0.4, -0.2) is 17.6 Å². The summed E-state index contributed by atoms with van der Waals surface area (Å²) in [6, 6.07) is 0. The molecule has 0 heterocycles. The van der Waals surface area contributed by atoms with E-state index in [0.717, 1.165) is 0 Å². The highest BCUT2D eigenvalue weighted by atomic mass is 16.4. The molecule has 0 aliphatic rings. The summed E-state index contributed by atoms with van der Waals surface area (Å²) in [5, 5.41) is 8.34. The maximum absolute atomic E-state index is 10.2. The molecule has 0 saturated heterocycles. The largest absolute Gasteiger partial charge is 0.481 e. The van der Waals surface area contributed by atoms with Gasteiger partial charge in [-0.2, -0.15) is 0 Å². The van der Waals surface area contributed by atoms with Gasteiger partial charge in [-0.15, -0.1) is 0 Å². The van der Waals surface area contributed by atoms with Crippen LogP contribution >= 0.6 is 0 Å². The van der Waals surface area contributed by atoms with Crippen LogP contribution in [0.2, 0.25) is 0 Å². The fraction of sp³-hybridized carbons (Fsp3) is 0.833. The van der Waals surface area contributed by atoms with Crippen LogP contribution in [0.4, 0.5) is 0 Å². The molecule has 0 radical (unpaired) electrons. The van der Waals surface area contributed by atoms with E-state index < -0.39 is 25.1 Å². The SMILES string of the molecule is [2H]C([2H])(CCN)C([2H])([2H])CC(=O)O. The average Bonchev–Trinajstić information content (AvgIpc) is 1.82. The molecule has 3 nitrogen and oxygen atoms in total. The Morgan fingerprint density at radius 2 is 2.33 bits per heavy atom. The van der Waals surface area contributed by atoms with Gasteiger partial charge in [-0.25, -0.2) is 0 Å². The minimum absolute atomic E-state index is 0.00781. The second kappa shape index (κ2) is 5.56. The van der Waals surface area contributed by atoms with E-state index in [1.807, 2.05) is 0 Å². The van der Waals surface area contributed by atoms with Crippen LogP contribution in [0.15, 0.2) is 0 Å². The van der Waals surface area contributed by atoms with E-state index in [1.54, 1.807) is 0 Å². The zero-order valence-corrected chi connectivity index (χ0v) is 5.05. The highest BCUT2D eigenvalue weighted by molar-refractivity contribution is 5.66. The molecule has 0 aliphatic carbocycles. The molecule has 0 bridgehead atoms. The molecule has 54 valence electrons. The van der Waals surface area contributed by atoms with Crippen molar-refractivity contribution in [3.8, 4) is 0 Å². The van der Waals surface area contributed by atoms with Crippen LogP contribution in [0.5, 0.6) is 0 Å². The van der Waals surface area contributed by atoms with Crippen molar-refractivity contribution in [2.75, 3.05) is 6.54 Å². The Morgan fingerprint density at radius 3 is 2.78 bits per heavy atom. The predicted molar refractivity (Wildman–Crippen MR) is 35.2 cm³/mol. The van der Waals surface area contributed by atoms with Gasteiger partial charge in [-0.3, -0.25) is 4.79 Å². The summed E-state index contributed by atoms with van der Waals surface area (Å²) in [6.07, 6.45) is -5.61. The molecular weight excluding hydrogens is 118 g/mol. The molecule has 0 unspecified atom stereocenters. The van der Waals surface area contributed by atoms with Crippen molar-refractivity contribution in [2.24, 2.45) is 5.73 Å². The molecule has 0 atom stereocenters. The van der Waals surface area contributed by atoms with Crippen LogP contribution < -0.4 is 5.73 Å². The minimum Gasteiger partial charge on any atom is -0.481 e. The van der Waals surface area contributed by atoms with Crippen LogP contribution in [0.25, 0.3) is 0 Å². The Labute approximate surface area is 60.5 Å². The Bertz CT molecular complexity index is 195. The van der Waals surface area contributed by atoms with Gasteiger partial charge < -0.3 is 10.8 Å². The molecule has 0 fully saturated rings. The summed E-state index contributed by atoms with van der Waals surface area (Å²) in [4.78, 5) is 10.2. The topological polar surface area (TPSA) is 63.3 Å². The van der Waals surface area contributed by atoms with Crippen molar-refractivity contribution in [1.82, 2.24) is 0 Å². The molecule has 3 N–H and O–H groups in total. The molecule has 0 spiro atoms. The van der Waals surface area contributed by atoms with Gasteiger partial charge >= 0.3 is 5.97 Å². The van der Waals surface area contributed by atoms with Gasteiger partial charge in [-0.05, 0) is 19.3 Å².